The molecule has 12 N–H and O–H groups in total. The van der Waals surface area contributed by atoms with Gasteiger partial charge in [0, 0.05) is 37.5 Å². The maximum Gasteiger partial charge on any atom is 0.253 e. The molecule has 0 spiro atoms. The fourth-order valence-corrected chi connectivity index (χ4v) is 4.58. The highest BCUT2D eigenvalue weighted by Gasteiger charge is 2.57. The molecule has 0 bridgehead atoms. The summed E-state index contributed by atoms with van der Waals surface area (Å²) < 4.78 is 27.8. The molecular weight excluding hydrogens is 521 g/mol. The van der Waals surface area contributed by atoms with E-state index in [1.807, 2.05) is 6.08 Å². The van der Waals surface area contributed by atoms with Gasteiger partial charge in [-0.15, -0.1) is 0 Å². The molecule has 0 aromatic rings. The maximum atomic E-state index is 12.1. The Morgan fingerprint density at radius 1 is 1.23 bits per heavy atom. The van der Waals surface area contributed by atoms with Gasteiger partial charge >= 0.3 is 0 Å². The van der Waals surface area contributed by atoms with Crippen molar-refractivity contribution in [3.05, 3.63) is 11.8 Å². The van der Waals surface area contributed by atoms with Crippen molar-refractivity contribution in [2.45, 2.75) is 99.6 Å². The Morgan fingerprint density at radius 3 is 2.51 bits per heavy atom. The van der Waals surface area contributed by atoms with Gasteiger partial charge in [-0.1, -0.05) is 0 Å². The molecule has 9 atom stereocenters. The quantitative estimate of drug-likeness (QED) is 0.130. The lowest BCUT2D eigenvalue weighted by atomic mass is 9.86. The van der Waals surface area contributed by atoms with Crippen LogP contribution in [0.15, 0.2) is 11.8 Å². The lowest BCUT2D eigenvalue weighted by Gasteiger charge is -2.40. The number of hydrogen-bond donors (Lipinski definition) is 9. The third kappa shape index (κ3) is 10.1. The number of nitrogens with one attached hydrogen (secondary N) is 2. The van der Waals surface area contributed by atoms with Crippen molar-refractivity contribution in [3.8, 4) is 0 Å². The maximum absolute atomic E-state index is 12.1. The van der Waals surface area contributed by atoms with Gasteiger partial charge in [-0.2, -0.15) is 4.94 Å². The zero-order chi connectivity index (χ0) is 29.0. The minimum Gasteiger partial charge on any atom is -0.468 e. The molecule has 4 aliphatic rings. The Balaban J connectivity index is 0.000000407. The summed E-state index contributed by atoms with van der Waals surface area (Å²) in [6, 6.07) is -1.37. The molecule has 2 aliphatic heterocycles. The number of hydrogen-bond acceptors (Lipinski definition) is 13. The molecule has 39 heavy (non-hydrogen) atoms. The van der Waals surface area contributed by atoms with Gasteiger partial charge in [0.1, 0.15) is 18.0 Å². The van der Waals surface area contributed by atoms with E-state index in [2.05, 4.69) is 21.3 Å². The van der Waals surface area contributed by atoms with E-state index in [1.54, 1.807) is 0 Å². The van der Waals surface area contributed by atoms with E-state index in [0.717, 1.165) is 18.6 Å². The number of carbonyl (C=O) groups excluding carboxylic acids is 1. The number of carbonyl (C=O) groups is 1. The first kappa shape index (κ1) is 33.7. The summed E-state index contributed by atoms with van der Waals surface area (Å²) in [4.78, 5) is 15.5. The van der Waals surface area contributed by atoms with Gasteiger partial charge in [0.05, 0.1) is 25.9 Å². The number of halogens is 1. The van der Waals surface area contributed by atoms with Gasteiger partial charge in [-0.3, -0.25) is 4.79 Å². The Hall–Kier alpha value is -1.50. The average Bonchev–Trinajstić information content (AvgIpc) is 3.56. The summed E-state index contributed by atoms with van der Waals surface area (Å²) in [5.74, 6) is 0.229. The first-order valence-electron chi connectivity index (χ1n) is 13.4. The smallest absolute Gasteiger partial charge is 0.253 e. The summed E-state index contributed by atoms with van der Waals surface area (Å²) in [7, 11) is 1.50. The minimum atomic E-state index is -1.49. The van der Waals surface area contributed by atoms with E-state index in [1.165, 1.54) is 7.05 Å². The predicted molar refractivity (Wildman–Crippen MR) is 137 cm³/mol. The second-order valence-electron chi connectivity index (χ2n) is 9.94. The summed E-state index contributed by atoms with van der Waals surface area (Å²) in [5.41, 5.74) is 14.8. The standard InChI is InChI=1S/C18H32N4O6.C5H9FO3.CH5N/c19-12-6-10(22-17(25)18(26)8-14(18)20)7-13(24)16(12)28-15-3-1-2-11(27-15)9-21-4-5-23;6-9-5-4(7)2-1-3-8-5;1-2/h2,10,12-16,21,23-24,26H,1,3-9,19-20H2,(H,22,25);4-5,7H,1-3H2;2H2,1H3/t10?,12?,13?,14?,15-,16-,18?;;/m1../s1. The molecule has 1 saturated heterocycles. The van der Waals surface area contributed by atoms with Gasteiger partial charge in [0.15, 0.2) is 11.9 Å². The predicted octanol–water partition coefficient (Wildman–Crippen LogP) is -2.64. The molecular formula is C24H46FN5O9. The highest BCUT2D eigenvalue weighted by atomic mass is 19.3. The van der Waals surface area contributed by atoms with Crippen LogP contribution in [0.25, 0.3) is 0 Å². The second-order valence-corrected chi connectivity index (χ2v) is 9.94. The van der Waals surface area contributed by atoms with Gasteiger partial charge in [0.2, 0.25) is 6.29 Å². The van der Waals surface area contributed by atoms with Crippen LogP contribution in [-0.2, 0) is 23.9 Å². The van der Waals surface area contributed by atoms with Crippen LogP contribution >= 0.6 is 0 Å². The van der Waals surface area contributed by atoms with Crippen LogP contribution in [0, 0.1) is 0 Å². The van der Waals surface area contributed by atoms with Crippen LogP contribution in [-0.4, -0.2) is 114 Å². The molecule has 15 heteroatoms. The van der Waals surface area contributed by atoms with Crippen LogP contribution in [0.2, 0.25) is 0 Å². The first-order valence-corrected chi connectivity index (χ1v) is 13.4. The van der Waals surface area contributed by atoms with Crippen molar-refractivity contribution in [2.24, 2.45) is 17.2 Å². The molecule has 2 saturated carbocycles. The number of ether oxygens (including phenoxy) is 3. The van der Waals surface area contributed by atoms with E-state index < -0.39 is 54.5 Å². The van der Waals surface area contributed by atoms with Crippen LogP contribution < -0.4 is 27.8 Å². The van der Waals surface area contributed by atoms with E-state index in [0.29, 0.717) is 39.0 Å². The molecule has 7 unspecified atom stereocenters. The zero-order valence-corrected chi connectivity index (χ0v) is 22.4. The normalized spacial score (nSPS) is 37.6. The number of allylic oxidation sites excluding steroid dienone is 1. The van der Waals surface area contributed by atoms with E-state index >= 15 is 0 Å². The lowest BCUT2D eigenvalue weighted by molar-refractivity contribution is -0.314. The molecule has 14 nitrogen and oxygen atoms in total. The number of amides is 1. The zero-order valence-electron chi connectivity index (χ0n) is 22.4. The fraction of sp³-hybridized carbons (Fsp3) is 0.875. The number of aliphatic hydroxyl groups excluding tert-OH is 3. The first-order chi connectivity index (χ1) is 18.7. The SMILES string of the molecule is CN.NC1CC(NC(=O)C2(O)CC2N)CC(O)[C@@H]1O[C@@H]1CCC=C(CNCCO)O1.OC1CCCOC1OF. The third-order valence-electron chi connectivity index (χ3n) is 6.88. The van der Waals surface area contributed by atoms with Gasteiger partial charge in [0.25, 0.3) is 5.91 Å². The second kappa shape index (κ2) is 16.7. The summed E-state index contributed by atoms with van der Waals surface area (Å²) in [5, 5.41) is 44.0. The topological polar surface area (TPSA) is 237 Å². The summed E-state index contributed by atoms with van der Waals surface area (Å²) in [6.07, 6.45) is 1.86. The van der Waals surface area contributed by atoms with Gasteiger partial charge in [-0.25, -0.2) is 0 Å². The summed E-state index contributed by atoms with van der Waals surface area (Å²) in [6.45, 7) is 1.49. The highest BCUT2D eigenvalue weighted by molar-refractivity contribution is 5.89. The molecule has 2 heterocycles. The van der Waals surface area contributed by atoms with Crippen molar-refractivity contribution in [2.75, 3.05) is 33.4 Å². The van der Waals surface area contributed by atoms with Crippen LogP contribution in [0.1, 0.15) is 44.9 Å². The molecule has 2 aliphatic carbocycles. The fourth-order valence-electron chi connectivity index (χ4n) is 4.58. The van der Waals surface area contributed by atoms with E-state index in [-0.39, 0.29) is 25.5 Å². The van der Waals surface area contributed by atoms with Crippen molar-refractivity contribution in [1.29, 1.82) is 0 Å². The number of nitrogens with two attached hydrogens (primary N) is 3. The van der Waals surface area contributed by atoms with Crippen LogP contribution in [0.3, 0.4) is 0 Å². The van der Waals surface area contributed by atoms with E-state index in [9.17, 15) is 19.5 Å². The van der Waals surface area contributed by atoms with Crippen LogP contribution in [0.4, 0.5) is 4.53 Å². The Kier molecular flexibility index (Phi) is 14.4. The molecule has 3 fully saturated rings. The Labute approximate surface area is 227 Å². The lowest BCUT2D eigenvalue weighted by Crippen LogP contribution is -2.58. The van der Waals surface area contributed by atoms with Crippen LogP contribution in [0.5, 0.6) is 0 Å². The van der Waals surface area contributed by atoms with E-state index in [4.69, 9.17) is 35.9 Å². The highest BCUT2D eigenvalue weighted by Crippen LogP contribution is 2.35. The van der Waals surface area contributed by atoms with Crippen molar-refractivity contribution < 1.29 is 48.9 Å². The van der Waals surface area contributed by atoms with Crippen molar-refractivity contribution >= 4 is 5.91 Å². The van der Waals surface area contributed by atoms with Crippen molar-refractivity contribution in [1.82, 2.24) is 10.6 Å². The van der Waals surface area contributed by atoms with Gasteiger partial charge < -0.3 is 62.5 Å². The molecule has 0 aromatic heterocycles. The van der Waals surface area contributed by atoms with Crippen molar-refractivity contribution in [3.63, 3.8) is 0 Å². The summed E-state index contributed by atoms with van der Waals surface area (Å²) >= 11 is 0. The molecule has 0 aromatic carbocycles. The average molecular weight is 568 g/mol. The molecule has 1 amide bonds. The number of aliphatic hydroxyl groups is 4. The van der Waals surface area contributed by atoms with Gasteiger partial charge in [-0.05, 0) is 49.8 Å². The minimum absolute atomic E-state index is 0.0529. The Morgan fingerprint density at radius 2 is 1.95 bits per heavy atom. The Bertz CT molecular complexity index is 758. The molecule has 0 radical (unpaired) electrons. The molecule has 4 rings (SSSR count). The largest absolute Gasteiger partial charge is 0.468 e. The monoisotopic (exact) mass is 567 g/mol. The third-order valence-corrected chi connectivity index (χ3v) is 6.88. The molecule has 228 valence electrons. The number of rotatable bonds is 9.